The number of hydrogen-bond donors (Lipinski definition) is 0. The highest BCUT2D eigenvalue weighted by Crippen LogP contribution is 2.34. The molecule has 0 saturated carbocycles. The van der Waals surface area contributed by atoms with Crippen molar-refractivity contribution in [2.75, 3.05) is 11.9 Å². The molecule has 0 radical (unpaired) electrons. The number of piperidine rings is 1. The summed E-state index contributed by atoms with van der Waals surface area (Å²) in [4.78, 5) is 14.3. The lowest BCUT2D eigenvalue weighted by Gasteiger charge is -2.44. The highest BCUT2D eigenvalue weighted by atomic mass is 79.9. The lowest BCUT2D eigenvalue weighted by Crippen LogP contribution is -2.51. The standard InChI is InChI=1S/C15H28BrNO2/c1-14(2,3)19-13(18)17-11-15(4,5)9-8-12(17)7-6-10-16/h12H,6-11H2,1-5H3. The summed E-state index contributed by atoms with van der Waals surface area (Å²) in [6.07, 6.45) is 4.27. The van der Waals surface area contributed by atoms with Crippen LogP contribution in [0.25, 0.3) is 0 Å². The van der Waals surface area contributed by atoms with Crippen molar-refractivity contribution >= 4 is 22.0 Å². The first kappa shape index (κ1) is 16.8. The van der Waals surface area contributed by atoms with Gasteiger partial charge in [0.05, 0.1) is 0 Å². The first-order valence-electron chi connectivity index (χ1n) is 7.20. The van der Waals surface area contributed by atoms with Gasteiger partial charge >= 0.3 is 6.09 Å². The molecule has 1 aliphatic heterocycles. The van der Waals surface area contributed by atoms with E-state index in [0.29, 0.717) is 6.04 Å². The molecular weight excluding hydrogens is 306 g/mol. The summed E-state index contributed by atoms with van der Waals surface area (Å²) in [5.74, 6) is 0. The van der Waals surface area contributed by atoms with Crippen LogP contribution >= 0.6 is 15.9 Å². The maximum Gasteiger partial charge on any atom is 0.410 e. The Balaban J connectivity index is 2.73. The van der Waals surface area contributed by atoms with Crippen LogP contribution in [0.5, 0.6) is 0 Å². The lowest BCUT2D eigenvalue weighted by molar-refractivity contribution is -0.00873. The predicted octanol–water partition coefficient (Wildman–Crippen LogP) is 4.59. The number of hydrogen-bond acceptors (Lipinski definition) is 2. The zero-order valence-electron chi connectivity index (χ0n) is 13.0. The first-order chi connectivity index (χ1) is 8.64. The molecule has 0 aliphatic carbocycles. The van der Waals surface area contributed by atoms with Gasteiger partial charge in [0.25, 0.3) is 0 Å². The van der Waals surface area contributed by atoms with Crippen molar-refractivity contribution in [3.05, 3.63) is 0 Å². The number of nitrogens with zero attached hydrogens (tertiary/aromatic N) is 1. The van der Waals surface area contributed by atoms with Crippen molar-refractivity contribution in [3.63, 3.8) is 0 Å². The van der Waals surface area contributed by atoms with E-state index in [4.69, 9.17) is 4.74 Å². The minimum absolute atomic E-state index is 0.153. The van der Waals surface area contributed by atoms with Gasteiger partial charge in [-0.25, -0.2) is 4.79 Å². The third-order valence-electron chi connectivity index (χ3n) is 3.49. The minimum Gasteiger partial charge on any atom is -0.444 e. The maximum absolute atomic E-state index is 12.4. The van der Waals surface area contributed by atoms with Crippen molar-refractivity contribution in [1.29, 1.82) is 0 Å². The Kier molecular flexibility index (Phi) is 5.72. The monoisotopic (exact) mass is 333 g/mol. The number of carbonyl (C=O) groups excluding carboxylic acids is 1. The fourth-order valence-corrected chi connectivity index (χ4v) is 2.85. The van der Waals surface area contributed by atoms with Crippen molar-refractivity contribution in [2.45, 2.75) is 71.9 Å². The van der Waals surface area contributed by atoms with E-state index in [-0.39, 0.29) is 11.5 Å². The zero-order chi connectivity index (χ0) is 14.7. The molecular formula is C15H28BrNO2. The summed E-state index contributed by atoms with van der Waals surface area (Å²) in [5, 5.41) is 0.995. The third-order valence-corrected chi connectivity index (χ3v) is 4.05. The summed E-state index contributed by atoms with van der Waals surface area (Å²) in [6.45, 7) is 11.0. The molecule has 0 bridgehead atoms. The van der Waals surface area contributed by atoms with Crippen LogP contribution in [0.2, 0.25) is 0 Å². The largest absolute Gasteiger partial charge is 0.444 e. The number of likely N-dealkylation sites (tertiary alicyclic amines) is 1. The van der Waals surface area contributed by atoms with Gasteiger partial charge in [0.2, 0.25) is 0 Å². The Morgan fingerprint density at radius 2 is 2.05 bits per heavy atom. The summed E-state index contributed by atoms with van der Waals surface area (Å²) in [7, 11) is 0. The highest BCUT2D eigenvalue weighted by molar-refractivity contribution is 9.09. The van der Waals surface area contributed by atoms with Crippen LogP contribution in [-0.4, -0.2) is 34.5 Å². The third kappa shape index (κ3) is 5.72. The van der Waals surface area contributed by atoms with Gasteiger partial charge in [-0.1, -0.05) is 29.8 Å². The Morgan fingerprint density at radius 1 is 1.42 bits per heavy atom. The number of carbonyl (C=O) groups is 1. The van der Waals surface area contributed by atoms with E-state index in [2.05, 4.69) is 29.8 Å². The molecule has 1 rings (SSSR count). The Hall–Kier alpha value is -0.250. The smallest absolute Gasteiger partial charge is 0.410 e. The number of rotatable bonds is 3. The maximum atomic E-state index is 12.4. The van der Waals surface area contributed by atoms with Gasteiger partial charge in [0, 0.05) is 17.9 Å². The van der Waals surface area contributed by atoms with Gasteiger partial charge in [-0.3, -0.25) is 0 Å². The van der Waals surface area contributed by atoms with Crippen molar-refractivity contribution in [2.24, 2.45) is 5.41 Å². The van der Waals surface area contributed by atoms with Crippen LogP contribution in [0.4, 0.5) is 4.79 Å². The van der Waals surface area contributed by atoms with Crippen LogP contribution in [0.15, 0.2) is 0 Å². The molecule has 112 valence electrons. The lowest BCUT2D eigenvalue weighted by atomic mass is 9.80. The molecule has 1 unspecified atom stereocenters. The molecule has 1 atom stereocenters. The van der Waals surface area contributed by atoms with E-state index < -0.39 is 5.60 Å². The van der Waals surface area contributed by atoms with Gasteiger partial charge in [0.1, 0.15) is 5.60 Å². The second kappa shape index (κ2) is 6.47. The molecule has 0 spiro atoms. The molecule has 0 aromatic rings. The quantitative estimate of drug-likeness (QED) is 0.707. The molecule has 0 aromatic heterocycles. The Bertz CT molecular complexity index is 310. The predicted molar refractivity (Wildman–Crippen MR) is 82.8 cm³/mol. The summed E-state index contributed by atoms with van der Waals surface area (Å²) >= 11 is 3.47. The minimum atomic E-state index is -0.418. The van der Waals surface area contributed by atoms with E-state index >= 15 is 0 Å². The molecule has 0 N–H and O–H groups in total. The molecule has 19 heavy (non-hydrogen) atoms. The van der Waals surface area contributed by atoms with Crippen LogP contribution in [0, 0.1) is 5.41 Å². The fourth-order valence-electron chi connectivity index (χ4n) is 2.53. The van der Waals surface area contributed by atoms with Crippen molar-refractivity contribution < 1.29 is 9.53 Å². The highest BCUT2D eigenvalue weighted by Gasteiger charge is 2.37. The normalized spacial score (nSPS) is 23.3. The molecule has 3 nitrogen and oxygen atoms in total. The molecule has 1 fully saturated rings. The van der Waals surface area contributed by atoms with Gasteiger partial charge in [0.15, 0.2) is 0 Å². The van der Waals surface area contributed by atoms with Gasteiger partial charge < -0.3 is 9.64 Å². The Labute approximate surface area is 126 Å². The topological polar surface area (TPSA) is 29.5 Å². The fraction of sp³-hybridized carbons (Fsp3) is 0.933. The molecule has 1 heterocycles. The molecule has 1 amide bonds. The summed E-state index contributed by atoms with van der Waals surface area (Å²) in [6, 6.07) is 0.334. The van der Waals surface area contributed by atoms with E-state index in [9.17, 15) is 4.79 Å². The Morgan fingerprint density at radius 3 is 2.58 bits per heavy atom. The van der Waals surface area contributed by atoms with Gasteiger partial charge in [-0.15, -0.1) is 0 Å². The van der Waals surface area contributed by atoms with Crippen LogP contribution < -0.4 is 0 Å². The molecule has 4 heteroatoms. The van der Waals surface area contributed by atoms with E-state index in [1.54, 1.807) is 0 Å². The number of halogens is 1. The summed E-state index contributed by atoms with van der Waals surface area (Å²) < 4.78 is 5.56. The number of amides is 1. The van der Waals surface area contributed by atoms with Gasteiger partial charge in [-0.2, -0.15) is 0 Å². The van der Waals surface area contributed by atoms with Crippen molar-refractivity contribution in [3.8, 4) is 0 Å². The van der Waals surface area contributed by atoms with E-state index in [1.165, 1.54) is 6.42 Å². The average molecular weight is 334 g/mol. The summed E-state index contributed by atoms with van der Waals surface area (Å²) in [5.41, 5.74) is -0.222. The zero-order valence-corrected chi connectivity index (χ0v) is 14.5. The number of ether oxygens (including phenoxy) is 1. The first-order valence-corrected chi connectivity index (χ1v) is 8.32. The SMILES string of the molecule is CC1(C)CCC(CCCBr)N(C(=O)OC(C)(C)C)C1. The molecule has 0 aromatic carbocycles. The number of alkyl halides is 1. The second-order valence-corrected chi connectivity index (χ2v) is 8.09. The molecule has 1 saturated heterocycles. The van der Waals surface area contributed by atoms with Crippen molar-refractivity contribution in [1.82, 2.24) is 4.90 Å². The van der Waals surface area contributed by atoms with Crippen LogP contribution in [-0.2, 0) is 4.74 Å². The van der Waals surface area contributed by atoms with E-state index in [1.807, 2.05) is 25.7 Å². The molecule has 1 aliphatic rings. The van der Waals surface area contributed by atoms with Crippen LogP contribution in [0.1, 0.15) is 60.3 Å². The van der Waals surface area contributed by atoms with Gasteiger partial charge in [-0.05, 0) is 51.9 Å². The van der Waals surface area contributed by atoms with E-state index in [0.717, 1.165) is 31.1 Å². The van der Waals surface area contributed by atoms with Crippen LogP contribution in [0.3, 0.4) is 0 Å². The second-order valence-electron chi connectivity index (χ2n) is 7.30. The average Bonchev–Trinajstić information content (AvgIpc) is 2.24.